The van der Waals surface area contributed by atoms with Crippen LogP contribution in [0.15, 0.2) is 0 Å². The fraction of sp³-hybridized carbons (Fsp3) is 0.556. The van der Waals surface area contributed by atoms with Crippen molar-refractivity contribution in [2.75, 3.05) is 23.7 Å². The molecule has 1 saturated heterocycles. The highest BCUT2D eigenvalue weighted by molar-refractivity contribution is 5.42. The van der Waals surface area contributed by atoms with Gasteiger partial charge in [-0.2, -0.15) is 4.98 Å². The van der Waals surface area contributed by atoms with Crippen molar-refractivity contribution < 1.29 is 4.39 Å². The third-order valence-electron chi connectivity index (χ3n) is 2.42. The van der Waals surface area contributed by atoms with Crippen molar-refractivity contribution in [1.82, 2.24) is 9.97 Å². The van der Waals surface area contributed by atoms with Gasteiger partial charge >= 0.3 is 0 Å². The molecule has 0 unspecified atom stereocenters. The number of anilines is 2. The molecule has 1 aliphatic heterocycles. The maximum atomic E-state index is 13.1. The molecule has 1 aliphatic rings. The summed E-state index contributed by atoms with van der Waals surface area (Å²) in [6.45, 7) is 3.47. The normalized spacial score (nSPS) is 16.3. The second kappa shape index (κ2) is 3.40. The second-order valence-corrected chi connectivity index (χ2v) is 3.50. The fourth-order valence-corrected chi connectivity index (χ4v) is 1.62. The van der Waals surface area contributed by atoms with Gasteiger partial charge in [0.1, 0.15) is 0 Å². The Kier molecular flexibility index (Phi) is 2.23. The number of hydrogen-bond donors (Lipinski definition) is 1. The summed E-state index contributed by atoms with van der Waals surface area (Å²) in [4.78, 5) is 10.0. The van der Waals surface area contributed by atoms with Gasteiger partial charge in [0.05, 0.1) is 5.69 Å². The highest BCUT2D eigenvalue weighted by atomic mass is 19.1. The smallest absolute Gasteiger partial charge is 0.227 e. The van der Waals surface area contributed by atoms with Crippen LogP contribution in [0.1, 0.15) is 18.5 Å². The van der Waals surface area contributed by atoms with Crippen LogP contribution in [0, 0.1) is 12.7 Å². The fourth-order valence-electron chi connectivity index (χ4n) is 1.62. The van der Waals surface area contributed by atoms with E-state index in [1.54, 1.807) is 6.92 Å². The van der Waals surface area contributed by atoms with Gasteiger partial charge in [-0.25, -0.2) is 9.37 Å². The Bertz CT molecular complexity index is 324. The molecule has 0 spiro atoms. The molecule has 0 radical (unpaired) electrons. The number of aryl methyl sites for hydroxylation is 1. The first-order chi connectivity index (χ1) is 6.68. The summed E-state index contributed by atoms with van der Waals surface area (Å²) in [5.41, 5.74) is 5.76. The van der Waals surface area contributed by atoms with Gasteiger partial charge < -0.3 is 10.6 Å². The summed E-state index contributed by atoms with van der Waals surface area (Å²) < 4.78 is 13.1. The van der Waals surface area contributed by atoms with E-state index in [1.807, 2.05) is 4.90 Å². The zero-order valence-electron chi connectivity index (χ0n) is 8.13. The standard InChI is InChI=1S/C9H13FN4/c1-6-7(10)8(11)13-9(12-6)14-4-2-3-5-14/h2-5H2,1H3,(H2,11,12,13). The van der Waals surface area contributed by atoms with Crippen molar-refractivity contribution in [3.05, 3.63) is 11.5 Å². The van der Waals surface area contributed by atoms with E-state index in [1.165, 1.54) is 0 Å². The molecule has 14 heavy (non-hydrogen) atoms. The minimum Gasteiger partial charge on any atom is -0.381 e. The predicted molar refractivity (Wildman–Crippen MR) is 52.6 cm³/mol. The number of aromatic nitrogens is 2. The van der Waals surface area contributed by atoms with Crippen LogP contribution >= 0.6 is 0 Å². The lowest BCUT2D eigenvalue weighted by molar-refractivity contribution is 0.606. The number of nitrogens with two attached hydrogens (primary N) is 1. The van der Waals surface area contributed by atoms with Crippen molar-refractivity contribution >= 4 is 11.8 Å². The van der Waals surface area contributed by atoms with Crippen LogP contribution in [-0.4, -0.2) is 23.1 Å². The van der Waals surface area contributed by atoms with Crippen LogP contribution in [-0.2, 0) is 0 Å². The minimum atomic E-state index is -0.507. The lowest BCUT2D eigenvalue weighted by Gasteiger charge is -2.15. The number of nitrogens with zero attached hydrogens (tertiary/aromatic N) is 3. The van der Waals surface area contributed by atoms with Gasteiger partial charge in [0.25, 0.3) is 0 Å². The van der Waals surface area contributed by atoms with Crippen molar-refractivity contribution in [3.63, 3.8) is 0 Å². The topological polar surface area (TPSA) is 55.0 Å². The molecule has 1 aromatic rings. The molecule has 1 fully saturated rings. The molecule has 0 amide bonds. The van der Waals surface area contributed by atoms with Crippen molar-refractivity contribution in [2.45, 2.75) is 19.8 Å². The Hall–Kier alpha value is -1.39. The van der Waals surface area contributed by atoms with Crippen LogP contribution in [0.4, 0.5) is 16.2 Å². The maximum Gasteiger partial charge on any atom is 0.227 e. The number of halogens is 1. The number of hydrogen-bond acceptors (Lipinski definition) is 4. The summed E-state index contributed by atoms with van der Waals surface area (Å²) >= 11 is 0. The van der Waals surface area contributed by atoms with Gasteiger partial charge in [-0.3, -0.25) is 0 Å². The SMILES string of the molecule is Cc1nc(N2CCCC2)nc(N)c1F. The van der Waals surface area contributed by atoms with Gasteiger partial charge in [-0.1, -0.05) is 0 Å². The molecule has 5 heteroatoms. The largest absolute Gasteiger partial charge is 0.381 e. The van der Waals surface area contributed by atoms with E-state index in [9.17, 15) is 4.39 Å². The molecule has 0 bridgehead atoms. The minimum absolute atomic E-state index is 0.0561. The summed E-state index contributed by atoms with van der Waals surface area (Å²) in [7, 11) is 0. The van der Waals surface area contributed by atoms with E-state index in [0.29, 0.717) is 11.6 Å². The Morgan fingerprint density at radius 1 is 1.29 bits per heavy atom. The van der Waals surface area contributed by atoms with E-state index in [4.69, 9.17) is 5.73 Å². The van der Waals surface area contributed by atoms with Crippen LogP contribution in [0.25, 0.3) is 0 Å². The van der Waals surface area contributed by atoms with Crippen LogP contribution in [0.3, 0.4) is 0 Å². The molecular weight excluding hydrogens is 183 g/mol. The molecule has 2 N–H and O–H groups in total. The summed E-state index contributed by atoms with van der Waals surface area (Å²) in [6, 6.07) is 0. The Morgan fingerprint density at radius 3 is 2.50 bits per heavy atom. The van der Waals surface area contributed by atoms with E-state index < -0.39 is 5.82 Å². The molecule has 0 aliphatic carbocycles. The molecule has 76 valence electrons. The zero-order chi connectivity index (χ0) is 10.1. The Balaban J connectivity index is 2.34. The third kappa shape index (κ3) is 1.49. The van der Waals surface area contributed by atoms with E-state index in [0.717, 1.165) is 25.9 Å². The lowest BCUT2D eigenvalue weighted by Crippen LogP contribution is -2.21. The molecule has 1 aromatic heterocycles. The number of rotatable bonds is 1. The quantitative estimate of drug-likeness (QED) is 0.731. The van der Waals surface area contributed by atoms with Crippen molar-refractivity contribution in [2.24, 2.45) is 0 Å². The molecule has 0 aromatic carbocycles. The summed E-state index contributed by atoms with van der Waals surface area (Å²) in [5.74, 6) is -0.00810. The van der Waals surface area contributed by atoms with Crippen molar-refractivity contribution in [1.29, 1.82) is 0 Å². The molecular formula is C9H13FN4. The van der Waals surface area contributed by atoms with E-state index in [2.05, 4.69) is 9.97 Å². The van der Waals surface area contributed by atoms with Crippen molar-refractivity contribution in [3.8, 4) is 0 Å². The third-order valence-corrected chi connectivity index (χ3v) is 2.42. The zero-order valence-corrected chi connectivity index (χ0v) is 8.13. The summed E-state index contributed by atoms with van der Waals surface area (Å²) in [6.07, 6.45) is 2.28. The monoisotopic (exact) mass is 196 g/mol. The van der Waals surface area contributed by atoms with E-state index in [-0.39, 0.29) is 5.82 Å². The molecule has 4 nitrogen and oxygen atoms in total. The van der Waals surface area contributed by atoms with Crippen LogP contribution in [0.2, 0.25) is 0 Å². The molecule has 0 saturated carbocycles. The first-order valence-corrected chi connectivity index (χ1v) is 4.73. The second-order valence-electron chi connectivity index (χ2n) is 3.50. The highest BCUT2D eigenvalue weighted by Crippen LogP contribution is 2.19. The number of nitrogen functional groups attached to an aromatic ring is 1. The average Bonchev–Trinajstić information content (AvgIpc) is 2.66. The molecule has 2 rings (SSSR count). The molecule has 0 atom stereocenters. The predicted octanol–water partition coefficient (Wildman–Crippen LogP) is 1.11. The van der Waals surface area contributed by atoms with Gasteiger partial charge in [-0.15, -0.1) is 0 Å². The van der Waals surface area contributed by atoms with Gasteiger partial charge in [0.2, 0.25) is 5.95 Å². The average molecular weight is 196 g/mol. The first kappa shape index (κ1) is 9.18. The maximum absolute atomic E-state index is 13.1. The van der Waals surface area contributed by atoms with Gasteiger partial charge in [0, 0.05) is 13.1 Å². The van der Waals surface area contributed by atoms with Gasteiger partial charge in [-0.05, 0) is 19.8 Å². The van der Waals surface area contributed by atoms with E-state index >= 15 is 0 Å². The Morgan fingerprint density at radius 2 is 1.93 bits per heavy atom. The Labute approximate surface area is 82.0 Å². The lowest BCUT2D eigenvalue weighted by atomic mass is 10.4. The molecule has 2 heterocycles. The first-order valence-electron chi connectivity index (χ1n) is 4.73. The van der Waals surface area contributed by atoms with Crippen LogP contribution in [0.5, 0.6) is 0 Å². The highest BCUT2D eigenvalue weighted by Gasteiger charge is 2.17. The van der Waals surface area contributed by atoms with Gasteiger partial charge in [0.15, 0.2) is 11.6 Å². The van der Waals surface area contributed by atoms with Crippen LogP contribution < -0.4 is 10.6 Å². The summed E-state index contributed by atoms with van der Waals surface area (Å²) in [5, 5.41) is 0.